The number of imidazole rings is 1. The SMILES string of the molecule is CCn1ccnc1[C@H](N)[C@H]1CCCOC1. The zero-order valence-electron chi connectivity index (χ0n) is 9.22. The van der Waals surface area contributed by atoms with Crippen molar-refractivity contribution in [3.05, 3.63) is 18.2 Å². The Labute approximate surface area is 90.4 Å². The molecule has 2 heterocycles. The first kappa shape index (κ1) is 10.6. The van der Waals surface area contributed by atoms with Gasteiger partial charge in [0.15, 0.2) is 0 Å². The van der Waals surface area contributed by atoms with Crippen LogP contribution in [0.2, 0.25) is 0 Å². The van der Waals surface area contributed by atoms with Crippen molar-refractivity contribution in [2.24, 2.45) is 11.7 Å². The van der Waals surface area contributed by atoms with Crippen LogP contribution in [0.3, 0.4) is 0 Å². The second-order valence-corrected chi connectivity index (χ2v) is 4.07. The third-order valence-electron chi connectivity index (χ3n) is 3.09. The number of aromatic nitrogens is 2. The third kappa shape index (κ3) is 2.21. The van der Waals surface area contributed by atoms with Gasteiger partial charge in [-0.2, -0.15) is 0 Å². The molecular formula is C11H19N3O. The van der Waals surface area contributed by atoms with Crippen LogP contribution in [0.25, 0.3) is 0 Å². The molecule has 0 aliphatic carbocycles. The number of nitrogens with zero attached hydrogens (tertiary/aromatic N) is 2. The van der Waals surface area contributed by atoms with Gasteiger partial charge in [-0.15, -0.1) is 0 Å². The number of hydrogen-bond donors (Lipinski definition) is 1. The summed E-state index contributed by atoms with van der Waals surface area (Å²) in [6.45, 7) is 4.69. The smallest absolute Gasteiger partial charge is 0.125 e. The molecule has 1 fully saturated rings. The molecule has 2 N–H and O–H groups in total. The minimum Gasteiger partial charge on any atom is -0.381 e. The molecule has 84 valence electrons. The van der Waals surface area contributed by atoms with Crippen molar-refractivity contribution in [1.29, 1.82) is 0 Å². The fourth-order valence-electron chi connectivity index (χ4n) is 2.15. The molecule has 1 aromatic heterocycles. The highest BCUT2D eigenvalue weighted by Crippen LogP contribution is 2.25. The molecule has 1 aliphatic rings. The van der Waals surface area contributed by atoms with E-state index in [0.29, 0.717) is 5.92 Å². The van der Waals surface area contributed by atoms with E-state index < -0.39 is 0 Å². The van der Waals surface area contributed by atoms with Crippen LogP contribution in [-0.2, 0) is 11.3 Å². The van der Waals surface area contributed by atoms with Crippen molar-refractivity contribution in [2.75, 3.05) is 13.2 Å². The van der Waals surface area contributed by atoms with E-state index in [1.54, 1.807) is 0 Å². The fourth-order valence-corrected chi connectivity index (χ4v) is 2.15. The first-order valence-corrected chi connectivity index (χ1v) is 5.67. The van der Waals surface area contributed by atoms with Gasteiger partial charge in [0.2, 0.25) is 0 Å². The molecule has 0 amide bonds. The lowest BCUT2D eigenvalue weighted by Crippen LogP contribution is -2.31. The highest BCUT2D eigenvalue weighted by molar-refractivity contribution is 5.00. The normalized spacial score (nSPS) is 24.0. The van der Waals surface area contributed by atoms with Crippen molar-refractivity contribution in [1.82, 2.24) is 9.55 Å². The highest BCUT2D eigenvalue weighted by atomic mass is 16.5. The minimum absolute atomic E-state index is 0.0141. The molecule has 0 unspecified atom stereocenters. The van der Waals surface area contributed by atoms with Crippen LogP contribution in [0.4, 0.5) is 0 Å². The van der Waals surface area contributed by atoms with Crippen LogP contribution >= 0.6 is 0 Å². The van der Waals surface area contributed by atoms with Crippen LogP contribution in [0.5, 0.6) is 0 Å². The first-order chi connectivity index (χ1) is 7.33. The Morgan fingerprint density at radius 3 is 3.27 bits per heavy atom. The van der Waals surface area contributed by atoms with E-state index in [0.717, 1.165) is 38.4 Å². The molecule has 0 bridgehead atoms. The van der Waals surface area contributed by atoms with Gasteiger partial charge < -0.3 is 15.0 Å². The van der Waals surface area contributed by atoms with Gasteiger partial charge in [0.1, 0.15) is 5.82 Å². The molecule has 0 saturated carbocycles. The van der Waals surface area contributed by atoms with Crippen LogP contribution < -0.4 is 5.73 Å². The molecule has 4 heteroatoms. The first-order valence-electron chi connectivity index (χ1n) is 5.67. The maximum absolute atomic E-state index is 6.23. The highest BCUT2D eigenvalue weighted by Gasteiger charge is 2.25. The summed E-state index contributed by atoms with van der Waals surface area (Å²) in [4.78, 5) is 4.34. The predicted octanol–water partition coefficient (Wildman–Crippen LogP) is 1.33. The number of hydrogen-bond acceptors (Lipinski definition) is 3. The van der Waals surface area contributed by atoms with Gasteiger partial charge in [-0.25, -0.2) is 4.98 Å². The molecular weight excluding hydrogens is 190 g/mol. The van der Waals surface area contributed by atoms with E-state index in [1.807, 2.05) is 12.4 Å². The quantitative estimate of drug-likeness (QED) is 0.817. The number of ether oxygens (including phenoxy) is 1. The van der Waals surface area contributed by atoms with Gasteiger partial charge in [0.25, 0.3) is 0 Å². The monoisotopic (exact) mass is 209 g/mol. The second kappa shape index (κ2) is 4.77. The lowest BCUT2D eigenvalue weighted by Gasteiger charge is -2.27. The summed E-state index contributed by atoms with van der Waals surface area (Å²) in [6, 6.07) is 0.0141. The van der Waals surface area contributed by atoms with E-state index in [-0.39, 0.29) is 6.04 Å². The maximum Gasteiger partial charge on any atom is 0.125 e. The Balaban J connectivity index is 2.08. The average molecular weight is 209 g/mol. The number of nitrogens with two attached hydrogens (primary N) is 1. The Kier molecular flexibility index (Phi) is 3.38. The van der Waals surface area contributed by atoms with E-state index in [2.05, 4.69) is 16.5 Å². The lowest BCUT2D eigenvalue weighted by molar-refractivity contribution is 0.0432. The standard InChI is InChI=1S/C11H19N3O/c1-2-14-6-5-13-11(14)10(12)9-4-3-7-15-8-9/h5-6,9-10H,2-4,7-8,12H2,1H3/t9-,10+/m0/s1. The second-order valence-electron chi connectivity index (χ2n) is 4.07. The zero-order valence-corrected chi connectivity index (χ0v) is 9.22. The Hall–Kier alpha value is -0.870. The van der Waals surface area contributed by atoms with Gasteiger partial charge in [0.05, 0.1) is 12.6 Å². The lowest BCUT2D eigenvalue weighted by atomic mass is 9.94. The van der Waals surface area contributed by atoms with E-state index >= 15 is 0 Å². The number of aryl methyl sites for hydroxylation is 1. The van der Waals surface area contributed by atoms with Gasteiger partial charge in [-0.1, -0.05) is 0 Å². The summed E-state index contributed by atoms with van der Waals surface area (Å²) in [6.07, 6.45) is 6.07. The molecule has 2 rings (SSSR count). The predicted molar refractivity (Wildman–Crippen MR) is 58.4 cm³/mol. The largest absolute Gasteiger partial charge is 0.381 e. The summed E-state index contributed by atoms with van der Waals surface area (Å²) in [5, 5.41) is 0. The molecule has 1 saturated heterocycles. The molecule has 0 radical (unpaired) electrons. The van der Waals surface area contributed by atoms with Gasteiger partial charge in [0, 0.05) is 31.5 Å². The Morgan fingerprint density at radius 2 is 2.60 bits per heavy atom. The van der Waals surface area contributed by atoms with E-state index in [9.17, 15) is 0 Å². The van der Waals surface area contributed by atoms with E-state index in [1.165, 1.54) is 0 Å². The number of rotatable bonds is 3. The van der Waals surface area contributed by atoms with Crippen LogP contribution in [0.15, 0.2) is 12.4 Å². The van der Waals surface area contributed by atoms with E-state index in [4.69, 9.17) is 10.5 Å². The third-order valence-corrected chi connectivity index (χ3v) is 3.09. The molecule has 1 aromatic rings. The molecule has 0 aromatic carbocycles. The Bertz CT molecular complexity index is 305. The Morgan fingerprint density at radius 1 is 1.73 bits per heavy atom. The maximum atomic E-state index is 6.23. The summed E-state index contributed by atoms with van der Waals surface area (Å²) in [5.41, 5.74) is 6.23. The van der Waals surface area contributed by atoms with Crippen LogP contribution in [-0.4, -0.2) is 22.8 Å². The molecule has 4 nitrogen and oxygen atoms in total. The van der Waals surface area contributed by atoms with Gasteiger partial charge in [-0.05, 0) is 19.8 Å². The van der Waals surface area contributed by atoms with Gasteiger partial charge >= 0.3 is 0 Å². The van der Waals surface area contributed by atoms with Gasteiger partial charge in [-0.3, -0.25) is 0 Å². The minimum atomic E-state index is 0.0141. The fraction of sp³-hybridized carbons (Fsp3) is 0.727. The van der Waals surface area contributed by atoms with Crippen molar-refractivity contribution in [3.8, 4) is 0 Å². The van der Waals surface area contributed by atoms with Crippen molar-refractivity contribution < 1.29 is 4.74 Å². The molecule has 2 atom stereocenters. The summed E-state index contributed by atoms with van der Waals surface area (Å²) in [5.74, 6) is 1.42. The summed E-state index contributed by atoms with van der Waals surface area (Å²) >= 11 is 0. The topological polar surface area (TPSA) is 53.1 Å². The van der Waals surface area contributed by atoms with Crippen LogP contribution in [0, 0.1) is 5.92 Å². The summed E-state index contributed by atoms with van der Waals surface area (Å²) < 4.78 is 7.57. The average Bonchev–Trinajstić information content (AvgIpc) is 2.77. The summed E-state index contributed by atoms with van der Waals surface area (Å²) in [7, 11) is 0. The van der Waals surface area contributed by atoms with Crippen molar-refractivity contribution in [2.45, 2.75) is 32.4 Å². The zero-order chi connectivity index (χ0) is 10.7. The van der Waals surface area contributed by atoms with Crippen LogP contribution in [0.1, 0.15) is 31.6 Å². The molecule has 0 spiro atoms. The van der Waals surface area contributed by atoms with Crippen molar-refractivity contribution in [3.63, 3.8) is 0 Å². The van der Waals surface area contributed by atoms with Crippen molar-refractivity contribution >= 4 is 0 Å². The molecule has 15 heavy (non-hydrogen) atoms. The molecule has 1 aliphatic heterocycles.